The minimum Gasteiger partial charge on any atom is -0.466 e. The van der Waals surface area contributed by atoms with Crippen molar-refractivity contribution in [2.45, 2.75) is 20.3 Å². The molecular formula is C8H16O4P+. The highest BCUT2D eigenvalue weighted by atomic mass is 31.1. The summed E-state index contributed by atoms with van der Waals surface area (Å²) in [5, 5.41) is 0. The van der Waals surface area contributed by atoms with Crippen LogP contribution in [0.15, 0.2) is 0 Å². The first-order valence-electron chi connectivity index (χ1n) is 4.36. The Bertz CT molecular complexity index is 170. The van der Waals surface area contributed by atoms with Crippen molar-refractivity contribution in [2.75, 3.05) is 25.7 Å². The van der Waals surface area contributed by atoms with Crippen molar-refractivity contribution in [1.29, 1.82) is 0 Å². The normalized spacial score (nSPS) is 11.1. The Hall–Kier alpha value is -0.470. The molecule has 5 heteroatoms. The molecule has 0 aromatic carbocycles. The van der Waals surface area contributed by atoms with Gasteiger partial charge in [0.15, 0.2) is 6.16 Å². The van der Waals surface area contributed by atoms with Gasteiger partial charge >= 0.3 is 13.8 Å². The van der Waals surface area contributed by atoms with E-state index in [4.69, 9.17) is 4.74 Å². The van der Waals surface area contributed by atoms with E-state index >= 15 is 0 Å². The average molecular weight is 207 g/mol. The number of hydrogen-bond acceptors (Lipinski definition) is 4. The first-order valence-corrected chi connectivity index (χ1v) is 5.99. The zero-order chi connectivity index (χ0) is 10.1. The van der Waals surface area contributed by atoms with Crippen LogP contribution in [0.4, 0.5) is 0 Å². The smallest absolute Gasteiger partial charge is 0.367 e. The Morgan fingerprint density at radius 2 is 2.00 bits per heavy atom. The van der Waals surface area contributed by atoms with Gasteiger partial charge in [0.25, 0.3) is 0 Å². The van der Waals surface area contributed by atoms with Crippen LogP contribution in [-0.2, 0) is 18.8 Å². The van der Waals surface area contributed by atoms with Crippen molar-refractivity contribution >= 4 is 13.8 Å². The first kappa shape index (κ1) is 12.5. The number of esters is 1. The molecule has 0 amide bonds. The minimum atomic E-state index is -1.40. The average Bonchev–Trinajstić information content (AvgIpc) is 2.12. The van der Waals surface area contributed by atoms with E-state index < -0.39 is 7.80 Å². The summed E-state index contributed by atoms with van der Waals surface area (Å²) in [6.45, 7) is 4.52. The molecule has 0 aliphatic heterocycles. The molecular weight excluding hydrogens is 191 g/mol. The fraction of sp³-hybridized carbons (Fsp3) is 0.875. The molecule has 76 valence electrons. The van der Waals surface area contributed by atoms with E-state index in [1.807, 2.05) is 6.92 Å². The van der Waals surface area contributed by atoms with Gasteiger partial charge in [0, 0.05) is 6.61 Å². The molecule has 0 aromatic rings. The van der Waals surface area contributed by atoms with Crippen LogP contribution in [0.25, 0.3) is 0 Å². The maximum Gasteiger partial charge on any atom is 0.367 e. The topological polar surface area (TPSA) is 52.6 Å². The molecule has 4 nitrogen and oxygen atoms in total. The summed E-state index contributed by atoms with van der Waals surface area (Å²) in [6.07, 6.45) is 0.815. The van der Waals surface area contributed by atoms with E-state index in [2.05, 4.69) is 4.74 Å². The van der Waals surface area contributed by atoms with Gasteiger partial charge in [0.1, 0.15) is 0 Å². The van der Waals surface area contributed by atoms with Crippen LogP contribution >= 0.6 is 7.80 Å². The third kappa shape index (κ3) is 7.88. The van der Waals surface area contributed by atoms with Gasteiger partial charge in [-0.2, -0.15) is 0 Å². The van der Waals surface area contributed by atoms with Crippen molar-refractivity contribution in [3.05, 3.63) is 0 Å². The molecule has 0 fully saturated rings. The Morgan fingerprint density at radius 3 is 2.54 bits per heavy atom. The molecule has 0 spiro atoms. The van der Waals surface area contributed by atoms with Crippen LogP contribution in [0, 0.1) is 0 Å². The van der Waals surface area contributed by atoms with Crippen molar-refractivity contribution in [3.8, 4) is 0 Å². The molecule has 0 rings (SSSR count). The molecule has 0 aliphatic rings. The molecule has 0 radical (unpaired) electrons. The minimum absolute atomic E-state index is 0.218. The molecule has 0 saturated carbocycles. The molecule has 0 N–H and O–H groups in total. The lowest BCUT2D eigenvalue weighted by Gasteiger charge is -1.96. The molecule has 0 saturated heterocycles. The first-order chi connectivity index (χ1) is 6.20. The molecule has 0 bridgehead atoms. The van der Waals surface area contributed by atoms with Crippen molar-refractivity contribution in [1.82, 2.24) is 0 Å². The van der Waals surface area contributed by atoms with Crippen molar-refractivity contribution < 1.29 is 18.8 Å². The van der Waals surface area contributed by atoms with Crippen LogP contribution in [0.5, 0.6) is 0 Å². The summed E-state index contributed by atoms with van der Waals surface area (Å²) in [6, 6.07) is 0. The van der Waals surface area contributed by atoms with Crippen molar-refractivity contribution in [3.63, 3.8) is 0 Å². The maximum atomic E-state index is 11.1. The van der Waals surface area contributed by atoms with Gasteiger partial charge in [-0.3, -0.25) is 4.79 Å². The summed E-state index contributed by atoms with van der Waals surface area (Å²) >= 11 is 0. The summed E-state index contributed by atoms with van der Waals surface area (Å²) in [5.41, 5.74) is 0. The second-order valence-corrected chi connectivity index (χ2v) is 4.05. The molecule has 13 heavy (non-hydrogen) atoms. The van der Waals surface area contributed by atoms with Crippen LogP contribution < -0.4 is 0 Å². The number of carbonyl (C=O) groups excluding carboxylic acids is 1. The molecule has 0 aliphatic carbocycles. The maximum absolute atomic E-state index is 11.1. The third-order valence-corrected chi connectivity index (χ3v) is 2.50. The summed E-state index contributed by atoms with van der Waals surface area (Å²) < 4.78 is 20.8. The van der Waals surface area contributed by atoms with E-state index in [-0.39, 0.29) is 18.7 Å². The Morgan fingerprint density at radius 1 is 1.31 bits per heavy atom. The largest absolute Gasteiger partial charge is 0.466 e. The highest BCUT2D eigenvalue weighted by Crippen LogP contribution is 2.21. The Balaban J connectivity index is 3.40. The highest BCUT2D eigenvalue weighted by Gasteiger charge is 2.17. The lowest BCUT2D eigenvalue weighted by Crippen LogP contribution is -2.05. The summed E-state index contributed by atoms with van der Waals surface area (Å²) in [5.74, 6) is -0.289. The van der Waals surface area contributed by atoms with Crippen LogP contribution in [-0.4, -0.2) is 31.7 Å². The lowest BCUT2D eigenvalue weighted by atomic mass is 10.5. The standard InChI is InChI=1S/C8H16O4P/c1-3-11-7-13(10)6-5-8(9)12-4-2/h3-7H2,1-2H3/q+1. The fourth-order valence-electron chi connectivity index (χ4n) is 0.707. The van der Waals surface area contributed by atoms with E-state index in [9.17, 15) is 9.36 Å². The van der Waals surface area contributed by atoms with Gasteiger partial charge in [-0.15, -0.1) is 0 Å². The predicted molar refractivity (Wildman–Crippen MR) is 50.2 cm³/mol. The highest BCUT2D eigenvalue weighted by molar-refractivity contribution is 7.44. The SMILES string of the molecule is CCOC[P+](=O)CCC(=O)OCC. The van der Waals surface area contributed by atoms with Crippen LogP contribution in [0.1, 0.15) is 20.3 Å². The predicted octanol–water partition coefficient (Wildman–Crippen LogP) is 1.76. The van der Waals surface area contributed by atoms with E-state index in [1.54, 1.807) is 6.92 Å². The number of hydrogen-bond donors (Lipinski definition) is 0. The van der Waals surface area contributed by atoms with Gasteiger partial charge in [0.05, 0.1) is 13.0 Å². The number of carbonyl (C=O) groups is 1. The van der Waals surface area contributed by atoms with E-state index in [0.29, 0.717) is 19.4 Å². The molecule has 1 atom stereocenters. The van der Waals surface area contributed by atoms with Crippen LogP contribution in [0.2, 0.25) is 0 Å². The van der Waals surface area contributed by atoms with Gasteiger partial charge in [-0.25, -0.2) is 0 Å². The van der Waals surface area contributed by atoms with E-state index in [1.165, 1.54) is 0 Å². The lowest BCUT2D eigenvalue weighted by molar-refractivity contribution is -0.142. The zero-order valence-corrected chi connectivity index (χ0v) is 9.01. The van der Waals surface area contributed by atoms with Gasteiger partial charge < -0.3 is 9.47 Å². The van der Waals surface area contributed by atoms with E-state index in [0.717, 1.165) is 0 Å². The number of ether oxygens (including phenoxy) is 2. The third-order valence-electron chi connectivity index (χ3n) is 1.31. The van der Waals surface area contributed by atoms with Crippen LogP contribution in [0.3, 0.4) is 0 Å². The molecule has 1 unspecified atom stereocenters. The summed E-state index contributed by atoms with van der Waals surface area (Å²) in [7, 11) is -1.40. The number of rotatable bonds is 7. The van der Waals surface area contributed by atoms with Gasteiger partial charge in [-0.05, 0) is 13.8 Å². The molecule has 0 heterocycles. The second kappa shape index (κ2) is 8.14. The Kier molecular flexibility index (Phi) is 7.85. The second-order valence-electron chi connectivity index (χ2n) is 2.38. The summed E-state index contributed by atoms with van der Waals surface area (Å²) in [4.78, 5) is 10.8. The van der Waals surface area contributed by atoms with Crippen molar-refractivity contribution in [2.24, 2.45) is 0 Å². The monoisotopic (exact) mass is 207 g/mol. The quantitative estimate of drug-likeness (QED) is 0.471. The molecule has 0 aromatic heterocycles. The Labute approximate surface area is 79.4 Å². The van der Waals surface area contributed by atoms with Gasteiger partial charge in [0.2, 0.25) is 6.35 Å². The zero-order valence-electron chi connectivity index (χ0n) is 8.12. The fourth-order valence-corrected chi connectivity index (χ4v) is 1.65. The van der Waals surface area contributed by atoms with Gasteiger partial charge in [-0.1, -0.05) is 4.57 Å².